The molecule has 0 saturated heterocycles. The predicted molar refractivity (Wildman–Crippen MR) is 135 cm³/mol. The molecular formula is C28H27NO3S. The summed E-state index contributed by atoms with van der Waals surface area (Å²) in [6.07, 6.45) is 0.0572. The van der Waals surface area contributed by atoms with Crippen molar-refractivity contribution in [1.82, 2.24) is 0 Å². The lowest BCUT2D eigenvalue weighted by molar-refractivity contribution is -0.119. The fourth-order valence-electron chi connectivity index (χ4n) is 3.91. The average molecular weight is 458 g/mol. The molecule has 0 saturated carbocycles. The zero-order chi connectivity index (χ0) is 23.5. The number of nitrogens with zero attached hydrogens (tertiary/aromatic N) is 1. The molecule has 0 spiro atoms. The Kier molecular flexibility index (Phi) is 6.70. The van der Waals surface area contributed by atoms with Gasteiger partial charge in [0, 0.05) is 5.75 Å². The van der Waals surface area contributed by atoms with Crippen molar-refractivity contribution in [3.05, 3.63) is 100.0 Å². The summed E-state index contributed by atoms with van der Waals surface area (Å²) in [7, 11) is 0. The first-order valence-electron chi connectivity index (χ1n) is 11.0. The molecule has 1 aliphatic heterocycles. The monoisotopic (exact) mass is 457 g/mol. The van der Waals surface area contributed by atoms with Gasteiger partial charge in [-0.15, -0.1) is 11.8 Å². The number of carbonyl (C=O) groups excluding carboxylic acids is 2. The van der Waals surface area contributed by atoms with Gasteiger partial charge in [0.25, 0.3) is 11.8 Å². The summed E-state index contributed by atoms with van der Waals surface area (Å²) in [5.41, 5.74) is 4.87. The normalized spacial score (nSPS) is 13.9. The van der Waals surface area contributed by atoms with Crippen LogP contribution in [0.5, 0.6) is 5.75 Å². The van der Waals surface area contributed by atoms with E-state index in [-0.39, 0.29) is 17.9 Å². The predicted octanol–water partition coefficient (Wildman–Crippen LogP) is 6.31. The second-order valence-electron chi connectivity index (χ2n) is 8.46. The second-order valence-corrected chi connectivity index (χ2v) is 9.45. The van der Waals surface area contributed by atoms with Gasteiger partial charge >= 0.3 is 0 Å². The van der Waals surface area contributed by atoms with Crippen molar-refractivity contribution in [3.8, 4) is 5.75 Å². The van der Waals surface area contributed by atoms with Gasteiger partial charge < -0.3 is 4.74 Å². The second kappa shape index (κ2) is 9.67. The van der Waals surface area contributed by atoms with Crippen LogP contribution in [-0.4, -0.2) is 17.9 Å². The Balaban J connectivity index is 1.73. The maximum Gasteiger partial charge on any atom is 0.272 e. The van der Waals surface area contributed by atoms with Crippen molar-refractivity contribution < 1.29 is 14.3 Å². The Hall–Kier alpha value is -3.31. The Labute approximate surface area is 199 Å². The maximum atomic E-state index is 13.6. The minimum Gasteiger partial charge on any atom is -0.491 e. The molecule has 3 aromatic rings. The van der Waals surface area contributed by atoms with Gasteiger partial charge in [0.1, 0.15) is 5.75 Å². The van der Waals surface area contributed by atoms with Gasteiger partial charge in [-0.05, 0) is 74.2 Å². The molecule has 0 bridgehead atoms. The molecule has 4 rings (SSSR count). The minimum atomic E-state index is -0.293. The molecule has 33 heavy (non-hydrogen) atoms. The smallest absolute Gasteiger partial charge is 0.272 e. The standard InChI is InChI=1S/C28H27NO3S/c1-18(2)32-24-12-10-22(11-13-24)25-26(33-17-21-8-6-5-7-9-21)28(31)29(27(25)30)23-15-19(3)14-20(4)16-23/h5-16,18H,17H2,1-4H3. The summed E-state index contributed by atoms with van der Waals surface area (Å²) in [5.74, 6) is 0.769. The molecule has 0 atom stereocenters. The summed E-state index contributed by atoms with van der Waals surface area (Å²) in [6.45, 7) is 7.87. The number of carbonyl (C=O) groups is 2. The SMILES string of the molecule is Cc1cc(C)cc(N2C(=O)C(SCc3ccccc3)=C(c3ccc(OC(C)C)cc3)C2=O)c1. The van der Waals surface area contributed by atoms with E-state index >= 15 is 0 Å². The molecule has 1 heterocycles. The zero-order valence-corrected chi connectivity index (χ0v) is 20.1. The quantitative estimate of drug-likeness (QED) is 0.390. The number of aryl methyl sites for hydroxylation is 2. The van der Waals surface area contributed by atoms with Gasteiger partial charge in [-0.25, -0.2) is 4.90 Å². The maximum absolute atomic E-state index is 13.6. The fraction of sp³-hybridized carbons (Fsp3) is 0.214. The number of anilines is 1. The fourth-order valence-corrected chi connectivity index (χ4v) is 4.98. The van der Waals surface area contributed by atoms with Gasteiger partial charge in [0.2, 0.25) is 0 Å². The summed E-state index contributed by atoms with van der Waals surface area (Å²) in [5, 5.41) is 0. The molecule has 1 aliphatic rings. The molecule has 0 radical (unpaired) electrons. The van der Waals surface area contributed by atoms with Crippen LogP contribution < -0.4 is 9.64 Å². The zero-order valence-electron chi connectivity index (χ0n) is 19.3. The van der Waals surface area contributed by atoms with E-state index in [1.54, 1.807) is 0 Å². The molecule has 0 N–H and O–H groups in total. The lowest BCUT2D eigenvalue weighted by Gasteiger charge is -2.17. The van der Waals surface area contributed by atoms with E-state index in [2.05, 4.69) is 0 Å². The topological polar surface area (TPSA) is 46.6 Å². The van der Waals surface area contributed by atoms with E-state index in [0.717, 1.165) is 22.4 Å². The van der Waals surface area contributed by atoms with Crippen molar-refractivity contribution in [2.24, 2.45) is 0 Å². The highest BCUT2D eigenvalue weighted by Crippen LogP contribution is 2.40. The van der Waals surface area contributed by atoms with Crippen LogP contribution in [0.2, 0.25) is 0 Å². The summed E-state index contributed by atoms with van der Waals surface area (Å²) < 4.78 is 5.75. The Morgan fingerprint density at radius 3 is 2.09 bits per heavy atom. The van der Waals surface area contributed by atoms with Crippen molar-refractivity contribution in [1.29, 1.82) is 0 Å². The van der Waals surface area contributed by atoms with Crippen LogP contribution in [0.3, 0.4) is 0 Å². The number of thioether (sulfide) groups is 1. The first-order valence-corrected chi connectivity index (χ1v) is 12.0. The Bertz CT molecular complexity index is 1190. The van der Waals surface area contributed by atoms with Crippen LogP contribution in [0.1, 0.15) is 36.1 Å². The van der Waals surface area contributed by atoms with Crippen molar-refractivity contribution in [2.45, 2.75) is 39.6 Å². The summed E-state index contributed by atoms with van der Waals surface area (Å²) in [6, 6.07) is 23.1. The molecule has 0 unspecified atom stereocenters. The summed E-state index contributed by atoms with van der Waals surface area (Å²) in [4.78, 5) is 29.0. The highest BCUT2D eigenvalue weighted by atomic mass is 32.2. The highest BCUT2D eigenvalue weighted by molar-refractivity contribution is 8.03. The highest BCUT2D eigenvalue weighted by Gasteiger charge is 2.40. The van der Waals surface area contributed by atoms with Crippen LogP contribution in [0, 0.1) is 13.8 Å². The number of benzene rings is 3. The molecular weight excluding hydrogens is 430 g/mol. The Morgan fingerprint density at radius 2 is 1.48 bits per heavy atom. The van der Waals surface area contributed by atoms with Gasteiger partial charge in [-0.1, -0.05) is 48.5 Å². The lowest BCUT2D eigenvalue weighted by atomic mass is 10.1. The third-order valence-corrected chi connectivity index (χ3v) is 6.39. The molecule has 4 nitrogen and oxygen atoms in total. The number of hydrogen-bond acceptors (Lipinski definition) is 4. The number of hydrogen-bond donors (Lipinski definition) is 0. The average Bonchev–Trinajstić information content (AvgIpc) is 3.02. The molecule has 0 fully saturated rings. The van der Waals surface area contributed by atoms with Gasteiger partial charge in [0.05, 0.1) is 22.3 Å². The number of imide groups is 1. The van der Waals surface area contributed by atoms with Crippen molar-refractivity contribution in [3.63, 3.8) is 0 Å². The number of ether oxygens (including phenoxy) is 1. The Morgan fingerprint density at radius 1 is 0.848 bits per heavy atom. The van der Waals surface area contributed by atoms with E-state index in [0.29, 0.717) is 27.5 Å². The lowest BCUT2D eigenvalue weighted by Crippen LogP contribution is -2.31. The van der Waals surface area contributed by atoms with E-state index < -0.39 is 0 Å². The van der Waals surface area contributed by atoms with Crippen molar-refractivity contribution >= 4 is 34.8 Å². The number of rotatable bonds is 7. The van der Waals surface area contributed by atoms with Crippen LogP contribution in [-0.2, 0) is 15.3 Å². The van der Waals surface area contributed by atoms with Crippen LogP contribution in [0.25, 0.3) is 5.57 Å². The third kappa shape index (κ3) is 5.04. The molecule has 0 aromatic heterocycles. The van der Waals surface area contributed by atoms with Gasteiger partial charge in [-0.2, -0.15) is 0 Å². The third-order valence-electron chi connectivity index (χ3n) is 5.25. The van der Waals surface area contributed by atoms with Gasteiger partial charge in [0.15, 0.2) is 0 Å². The van der Waals surface area contributed by atoms with E-state index in [4.69, 9.17) is 4.74 Å². The molecule has 0 aliphatic carbocycles. The van der Waals surface area contributed by atoms with E-state index in [1.165, 1.54) is 16.7 Å². The first kappa shape index (κ1) is 22.9. The molecule has 168 valence electrons. The minimum absolute atomic E-state index is 0.0572. The number of amides is 2. The molecule has 5 heteroatoms. The summed E-state index contributed by atoms with van der Waals surface area (Å²) >= 11 is 1.41. The molecule has 3 aromatic carbocycles. The largest absolute Gasteiger partial charge is 0.491 e. The van der Waals surface area contributed by atoms with Crippen LogP contribution in [0.15, 0.2) is 77.7 Å². The molecule has 2 amide bonds. The van der Waals surface area contributed by atoms with Crippen LogP contribution >= 0.6 is 11.8 Å². The first-order chi connectivity index (χ1) is 15.8. The van der Waals surface area contributed by atoms with Crippen LogP contribution in [0.4, 0.5) is 5.69 Å². The van der Waals surface area contributed by atoms with Gasteiger partial charge in [-0.3, -0.25) is 9.59 Å². The van der Waals surface area contributed by atoms with E-state index in [9.17, 15) is 9.59 Å². The van der Waals surface area contributed by atoms with Crippen molar-refractivity contribution in [2.75, 3.05) is 4.90 Å². The van der Waals surface area contributed by atoms with E-state index in [1.807, 2.05) is 100 Å².